The fraction of sp³-hybridized carbons (Fsp3) is 0. The zero-order valence-corrected chi connectivity index (χ0v) is 25.8. The number of thiophene rings is 2. The zero-order valence-electron chi connectivity index (χ0n) is 24.2. The molecule has 0 aliphatic carbocycles. The van der Waals surface area contributed by atoms with E-state index in [1.165, 1.54) is 90.1 Å². The molecule has 0 fully saturated rings. The minimum Gasteiger partial charge on any atom is -0.309 e. The average Bonchev–Trinajstić information content (AvgIpc) is 3.77. The predicted molar refractivity (Wildman–Crippen MR) is 197 cm³/mol. The summed E-state index contributed by atoms with van der Waals surface area (Å²) in [5.41, 5.74) is 8.77. The number of nitrogens with zero attached hydrogens (tertiary/aromatic N) is 1. The highest BCUT2D eigenvalue weighted by Crippen LogP contribution is 2.46. The number of para-hydroxylation sites is 1. The molecule has 0 saturated heterocycles. The van der Waals surface area contributed by atoms with Crippen molar-refractivity contribution < 1.29 is 0 Å². The lowest BCUT2D eigenvalue weighted by Crippen LogP contribution is -1.93. The summed E-state index contributed by atoms with van der Waals surface area (Å²) in [5, 5.41) is 7.91. The molecule has 0 bridgehead atoms. The molecule has 1 nitrogen and oxygen atoms in total. The van der Waals surface area contributed by atoms with Gasteiger partial charge in [-0.1, -0.05) is 109 Å². The molecule has 0 atom stereocenters. The molecular formula is C42H25NS2. The third kappa shape index (κ3) is 3.72. The Balaban J connectivity index is 1.19. The quantitative estimate of drug-likeness (QED) is 0.188. The van der Waals surface area contributed by atoms with Crippen molar-refractivity contribution in [3.05, 3.63) is 152 Å². The molecule has 0 radical (unpaired) electrons. The maximum atomic E-state index is 2.43. The van der Waals surface area contributed by atoms with Gasteiger partial charge in [-0.05, 0) is 59.2 Å². The summed E-state index contributed by atoms with van der Waals surface area (Å²) in [6.45, 7) is 0. The zero-order chi connectivity index (χ0) is 29.5. The Hall–Kier alpha value is -5.22. The summed E-state index contributed by atoms with van der Waals surface area (Å²) in [6.07, 6.45) is 0. The third-order valence-electron chi connectivity index (χ3n) is 9.21. The van der Waals surface area contributed by atoms with E-state index < -0.39 is 0 Å². The van der Waals surface area contributed by atoms with Gasteiger partial charge in [0.2, 0.25) is 0 Å². The fourth-order valence-electron chi connectivity index (χ4n) is 7.20. The first-order valence-corrected chi connectivity index (χ1v) is 16.9. The van der Waals surface area contributed by atoms with Gasteiger partial charge < -0.3 is 4.57 Å². The molecule has 0 saturated carbocycles. The Labute approximate surface area is 267 Å². The molecule has 0 aliphatic rings. The van der Waals surface area contributed by atoms with E-state index in [1.807, 2.05) is 22.7 Å². The third-order valence-corrected chi connectivity index (χ3v) is 11.6. The van der Waals surface area contributed by atoms with E-state index >= 15 is 0 Å². The lowest BCUT2D eigenvalue weighted by atomic mass is 9.98. The molecule has 10 aromatic rings. The Morgan fingerprint density at radius 3 is 2.04 bits per heavy atom. The first kappa shape index (κ1) is 25.1. The molecule has 0 aliphatic heterocycles. The van der Waals surface area contributed by atoms with Crippen molar-refractivity contribution >= 4 is 84.8 Å². The van der Waals surface area contributed by atoms with Crippen LogP contribution in [0.2, 0.25) is 0 Å². The summed E-state index contributed by atoms with van der Waals surface area (Å²) >= 11 is 3.80. The molecule has 7 aromatic carbocycles. The second-order valence-corrected chi connectivity index (χ2v) is 13.8. The normalized spacial score (nSPS) is 12.0. The van der Waals surface area contributed by atoms with Crippen LogP contribution < -0.4 is 0 Å². The number of hydrogen-bond acceptors (Lipinski definition) is 2. The largest absolute Gasteiger partial charge is 0.309 e. The molecule has 3 heterocycles. The van der Waals surface area contributed by atoms with Crippen molar-refractivity contribution in [2.75, 3.05) is 0 Å². The van der Waals surface area contributed by atoms with Crippen molar-refractivity contribution in [1.29, 1.82) is 0 Å². The van der Waals surface area contributed by atoms with Gasteiger partial charge in [0.1, 0.15) is 0 Å². The first-order valence-electron chi connectivity index (χ1n) is 15.3. The van der Waals surface area contributed by atoms with Crippen LogP contribution in [-0.4, -0.2) is 4.57 Å². The second kappa shape index (κ2) is 9.64. The van der Waals surface area contributed by atoms with E-state index in [1.54, 1.807) is 0 Å². The number of benzene rings is 7. The van der Waals surface area contributed by atoms with E-state index in [0.717, 1.165) is 0 Å². The van der Waals surface area contributed by atoms with Crippen molar-refractivity contribution in [3.8, 4) is 27.9 Å². The summed E-state index contributed by atoms with van der Waals surface area (Å²) in [6, 6.07) is 55.7. The summed E-state index contributed by atoms with van der Waals surface area (Å²) < 4.78 is 7.77. The summed E-state index contributed by atoms with van der Waals surface area (Å²) in [7, 11) is 0. The first-order chi connectivity index (χ1) is 22.3. The van der Waals surface area contributed by atoms with Crippen molar-refractivity contribution in [3.63, 3.8) is 0 Å². The number of rotatable bonds is 3. The summed E-state index contributed by atoms with van der Waals surface area (Å²) in [5.74, 6) is 0. The molecular weight excluding hydrogens is 583 g/mol. The van der Waals surface area contributed by atoms with Crippen LogP contribution >= 0.6 is 22.7 Å². The van der Waals surface area contributed by atoms with Crippen LogP contribution in [0.15, 0.2) is 152 Å². The molecule has 10 rings (SSSR count). The molecule has 210 valence electrons. The van der Waals surface area contributed by atoms with Crippen molar-refractivity contribution in [1.82, 2.24) is 4.57 Å². The molecule has 45 heavy (non-hydrogen) atoms. The lowest BCUT2D eigenvalue weighted by molar-refractivity contribution is 1.19. The molecule has 0 spiro atoms. The number of hydrogen-bond donors (Lipinski definition) is 0. The van der Waals surface area contributed by atoms with Crippen LogP contribution in [0.3, 0.4) is 0 Å². The maximum Gasteiger partial charge on any atom is 0.0541 e. The van der Waals surface area contributed by atoms with E-state index in [0.29, 0.717) is 0 Å². The van der Waals surface area contributed by atoms with Crippen LogP contribution in [-0.2, 0) is 0 Å². The van der Waals surface area contributed by atoms with Crippen LogP contribution in [0, 0.1) is 0 Å². The second-order valence-electron chi connectivity index (χ2n) is 11.7. The van der Waals surface area contributed by atoms with Gasteiger partial charge in [-0.2, -0.15) is 0 Å². The van der Waals surface area contributed by atoms with E-state index in [-0.39, 0.29) is 0 Å². The highest BCUT2D eigenvalue weighted by molar-refractivity contribution is 7.26. The van der Waals surface area contributed by atoms with Crippen LogP contribution in [0.1, 0.15) is 0 Å². The molecule has 3 aromatic heterocycles. The number of fused-ring (bicyclic) bond motifs is 9. The van der Waals surface area contributed by atoms with Gasteiger partial charge in [0.05, 0.1) is 11.0 Å². The van der Waals surface area contributed by atoms with E-state index in [2.05, 4.69) is 156 Å². The van der Waals surface area contributed by atoms with Crippen LogP contribution in [0.25, 0.3) is 90.1 Å². The van der Waals surface area contributed by atoms with Gasteiger partial charge >= 0.3 is 0 Å². The van der Waals surface area contributed by atoms with Gasteiger partial charge in [-0.15, -0.1) is 22.7 Å². The topological polar surface area (TPSA) is 4.93 Å². The van der Waals surface area contributed by atoms with Crippen molar-refractivity contribution in [2.24, 2.45) is 0 Å². The minimum absolute atomic E-state index is 1.20. The average molecular weight is 608 g/mol. The Morgan fingerprint density at radius 2 is 1.11 bits per heavy atom. The predicted octanol–water partition coefficient (Wildman–Crippen LogP) is 12.9. The maximum absolute atomic E-state index is 2.43. The lowest BCUT2D eigenvalue weighted by Gasteiger charge is -2.09. The standard InChI is InChI=1S/C42H25NS2/c1-2-10-26(11-3-1)27-20-23-37-35(24-27)29-12-4-6-17-36(29)43(37)28-21-22-34-40(25-28)44-39-19-9-14-31(41(34)39)33-16-8-15-32-30-13-5-7-18-38(30)45-42(32)33/h1-25H. The van der Waals surface area contributed by atoms with Crippen LogP contribution in [0.5, 0.6) is 0 Å². The van der Waals surface area contributed by atoms with Crippen molar-refractivity contribution in [2.45, 2.75) is 0 Å². The van der Waals surface area contributed by atoms with E-state index in [9.17, 15) is 0 Å². The smallest absolute Gasteiger partial charge is 0.0541 e. The van der Waals surface area contributed by atoms with Gasteiger partial charge in [0.25, 0.3) is 0 Å². The van der Waals surface area contributed by atoms with Gasteiger partial charge in [-0.25, -0.2) is 0 Å². The Morgan fingerprint density at radius 1 is 0.378 bits per heavy atom. The molecule has 0 unspecified atom stereocenters. The fourth-order valence-corrected chi connectivity index (χ4v) is 9.59. The molecule has 0 N–H and O–H groups in total. The van der Waals surface area contributed by atoms with E-state index in [4.69, 9.17) is 0 Å². The number of aromatic nitrogens is 1. The Kier molecular flexibility index (Phi) is 5.39. The minimum atomic E-state index is 1.20. The van der Waals surface area contributed by atoms with Gasteiger partial charge in [0, 0.05) is 62.4 Å². The monoisotopic (exact) mass is 607 g/mol. The van der Waals surface area contributed by atoms with Gasteiger partial charge in [-0.3, -0.25) is 0 Å². The summed E-state index contributed by atoms with van der Waals surface area (Å²) in [4.78, 5) is 0. The van der Waals surface area contributed by atoms with Crippen LogP contribution in [0.4, 0.5) is 0 Å². The Bertz CT molecular complexity index is 2760. The molecule has 3 heteroatoms. The SMILES string of the molecule is c1ccc(-c2ccc3c(c2)c2ccccc2n3-c2ccc3c(c2)sc2cccc(-c4cccc5c4sc4ccccc45)c23)cc1. The van der Waals surface area contributed by atoms with Gasteiger partial charge in [0.15, 0.2) is 0 Å². The molecule has 0 amide bonds. The highest BCUT2D eigenvalue weighted by Gasteiger charge is 2.18. The highest BCUT2D eigenvalue weighted by atomic mass is 32.1.